The Morgan fingerprint density at radius 1 is 1.33 bits per heavy atom. The largest absolute Gasteiger partial charge is 0.369 e. The Kier molecular flexibility index (Phi) is 3.53. The number of aromatic nitrogens is 2. The van der Waals surface area contributed by atoms with E-state index in [1.165, 1.54) is 0 Å². The maximum Gasteiger partial charge on any atom is 0.274 e. The second-order valence-electron chi connectivity index (χ2n) is 6.46. The van der Waals surface area contributed by atoms with Crippen LogP contribution in [0.25, 0.3) is 0 Å². The van der Waals surface area contributed by atoms with Crippen LogP contribution in [0, 0.1) is 0 Å². The van der Waals surface area contributed by atoms with Crippen LogP contribution in [0.2, 0.25) is 0 Å². The summed E-state index contributed by atoms with van der Waals surface area (Å²) in [5, 5.41) is 4.48. The third-order valence-corrected chi connectivity index (χ3v) is 4.59. The van der Waals surface area contributed by atoms with Gasteiger partial charge in [0.05, 0.1) is 17.9 Å². The van der Waals surface area contributed by atoms with Gasteiger partial charge >= 0.3 is 0 Å². The number of likely N-dealkylation sites (tertiary alicyclic amines) is 1. The maximum absolute atomic E-state index is 12.7. The molecule has 2 aliphatic rings. The lowest BCUT2D eigenvalue weighted by Gasteiger charge is -2.42. The normalized spacial score (nSPS) is 25.9. The number of hydrogen-bond donors (Lipinski definition) is 0. The van der Waals surface area contributed by atoms with E-state index in [4.69, 9.17) is 4.74 Å². The summed E-state index contributed by atoms with van der Waals surface area (Å²) in [5.41, 5.74) is 2.73. The summed E-state index contributed by atoms with van der Waals surface area (Å²) in [6.45, 7) is 5.65. The number of carbonyl (C=O) groups excluding carboxylic acids is 1. The lowest BCUT2D eigenvalue weighted by Crippen LogP contribution is -2.59. The van der Waals surface area contributed by atoms with Crippen molar-refractivity contribution in [3.63, 3.8) is 0 Å². The topological polar surface area (TPSA) is 50.6 Å². The van der Waals surface area contributed by atoms with Crippen LogP contribution in [0.3, 0.4) is 0 Å². The first kappa shape index (κ1) is 14.5. The molecule has 0 saturated carbocycles. The van der Waals surface area contributed by atoms with E-state index < -0.39 is 0 Å². The van der Waals surface area contributed by atoms with Crippen molar-refractivity contribution in [3.05, 3.63) is 17.0 Å². The lowest BCUT2D eigenvalue weighted by molar-refractivity contribution is -0.00914. The molecule has 21 heavy (non-hydrogen) atoms. The molecular formula is C15H24N4O2. The number of amides is 1. The van der Waals surface area contributed by atoms with Gasteiger partial charge in [0.25, 0.3) is 5.91 Å². The van der Waals surface area contributed by atoms with Crippen molar-refractivity contribution in [1.82, 2.24) is 19.6 Å². The van der Waals surface area contributed by atoms with E-state index in [1.807, 2.05) is 30.5 Å². The average molecular weight is 292 g/mol. The molecule has 0 aromatic carbocycles. The van der Waals surface area contributed by atoms with Gasteiger partial charge in [-0.25, -0.2) is 0 Å². The van der Waals surface area contributed by atoms with Gasteiger partial charge in [0.15, 0.2) is 5.69 Å². The molecule has 0 aliphatic carbocycles. The summed E-state index contributed by atoms with van der Waals surface area (Å²) >= 11 is 0. The Morgan fingerprint density at radius 2 is 2.00 bits per heavy atom. The predicted molar refractivity (Wildman–Crippen MR) is 79.3 cm³/mol. The molecule has 0 spiro atoms. The minimum atomic E-state index is -0.00582. The van der Waals surface area contributed by atoms with Crippen LogP contribution < -0.4 is 0 Å². The van der Waals surface area contributed by atoms with Crippen LogP contribution in [-0.2, 0) is 18.2 Å². The first-order valence-electron chi connectivity index (χ1n) is 7.55. The molecule has 0 unspecified atom stereocenters. The molecule has 1 aromatic heterocycles. The third kappa shape index (κ3) is 2.36. The first-order valence-corrected chi connectivity index (χ1v) is 7.55. The minimum absolute atomic E-state index is 0.00582. The second kappa shape index (κ2) is 5.10. The van der Waals surface area contributed by atoms with Crippen molar-refractivity contribution < 1.29 is 9.53 Å². The SMILES string of the molecule is C[C@@H]1Cc2c(C(=O)N3CC(N(C)C)C3)nn(C)c2[C@H](C)O1. The number of aryl methyl sites for hydroxylation is 1. The van der Waals surface area contributed by atoms with Crippen LogP contribution >= 0.6 is 0 Å². The first-order chi connectivity index (χ1) is 9.88. The van der Waals surface area contributed by atoms with Gasteiger partial charge in [0.2, 0.25) is 0 Å². The standard InChI is InChI=1S/C15H24N4O2/c1-9-6-12-13(16-18(5)14(12)10(2)21-9)15(20)19-7-11(8-19)17(3)4/h9-11H,6-8H2,1-5H3/t9-,10+/m1/s1. The number of rotatable bonds is 2. The molecule has 6 heteroatoms. The van der Waals surface area contributed by atoms with Crippen molar-refractivity contribution in [3.8, 4) is 0 Å². The highest BCUT2D eigenvalue weighted by Crippen LogP contribution is 2.32. The van der Waals surface area contributed by atoms with Crippen LogP contribution in [0.1, 0.15) is 41.7 Å². The summed E-state index contributed by atoms with van der Waals surface area (Å²) in [4.78, 5) is 16.7. The summed E-state index contributed by atoms with van der Waals surface area (Å²) in [5.74, 6) is 0.0613. The van der Waals surface area contributed by atoms with Gasteiger partial charge in [-0.1, -0.05) is 0 Å². The molecule has 1 saturated heterocycles. The van der Waals surface area contributed by atoms with Crippen LogP contribution in [-0.4, -0.2) is 64.8 Å². The van der Waals surface area contributed by atoms with Gasteiger partial charge in [0, 0.05) is 38.2 Å². The van der Waals surface area contributed by atoms with Crippen molar-refractivity contribution in [2.45, 2.75) is 38.5 Å². The quantitative estimate of drug-likeness (QED) is 0.810. The van der Waals surface area contributed by atoms with Gasteiger partial charge < -0.3 is 14.5 Å². The summed E-state index contributed by atoms with van der Waals surface area (Å²) in [6.07, 6.45) is 0.891. The van der Waals surface area contributed by atoms with E-state index in [0.29, 0.717) is 11.7 Å². The van der Waals surface area contributed by atoms with Crippen LogP contribution in [0.5, 0.6) is 0 Å². The van der Waals surface area contributed by atoms with E-state index in [1.54, 1.807) is 0 Å². The Bertz CT molecular complexity index is 560. The summed E-state index contributed by atoms with van der Waals surface area (Å²) in [6, 6.07) is 0.467. The van der Waals surface area contributed by atoms with E-state index >= 15 is 0 Å². The van der Waals surface area contributed by atoms with E-state index in [2.05, 4.69) is 24.1 Å². The Labute approximate surface area is 125 Å². The molecule has 3 heterocycles. The molecule has 3 rings (SSSR count). The number of fused-ring (bicyclic) bond motifs is 1. The minimum Gasteiger partial charge on any atom is -0.369 e. The van der Waals surface area contributed by atoms with Gasteiger partial charge in [-0.15, -0.1) is 0 Å². The zero-order valence-corrected chi connectivity index (χ0v) is 13.5. The van der Waals surface area contributed by atoms with Gasteiger partial charge in [-0.05, 0) is 27.9 Å². The highest BCUT2D eigenvalue weighted by Gasteiger charge is 2.37. The third-order valence-electron chi connectivity index (χ3n) is 4.59. The van der Waals surface area contributed by atoms with Crippen LogP contribution in [0.15, 0.2) is 0 Å². The highest BCUT2D eigenvalue weighted by atomic mass is 16.5. The number of nitrogens with zero attached hydrogens (tertiary/aromatic N) is 4. The second-order valence-corrected chi connectivity index (χ2v) is 6.46. The molecule has 0 bridgehead atoms. The lowest BCUT2D eigenvalue weighted by atomic mass is 9.98. The van der Waals surface area contributed by atoms with Crippen molar-refractivity contribution in [1.29, 1.82) is 0 Å². The molecule has 1 fully saturated rings. The van der Waals surface area contributed by atoms with E-state index in [9.17, 15) is 4.79 Å². The summed E-state index contributed by atoms with van der Waals surface area (Å²) < 4.78 is 7.65. The number of likely N-dealkylation sites (N-methyl/N-ethyl adjacent to an activating group) is 1. The van der Waals surface area contributed by atoms with Crippen molar-refractivity contribution in [2.24, 2.45) is 7.05 Å². The molecule has 1 amide bonds. The zero-order chi connectivity index (χ0) is 15.3. The van der Waals surface area contributed by atoms with Crippen LogP contribution in [0.4, 0.5) is 0 Å². The zero-order valence-electron chi connectivity index (χ0n) is 13.5. The molecule has 0 N–H and O–H groups in total. The number of carbonyl (C=O) groups is 1. The molecule has 1 aromatic rings. The Hall–Kier alpha value is -1.40. The van der Waals surface area contributed by atoms with Crippen molar-refractivity contribution >= 4 is 5.91 Å². The monoisotopic (exact) mass is 292 g/mol. The average Bonchev–Trinajstić information content (AvgIpc) is 2.63. The Morgan fingerprint density at radius 3 is 2.62 bits per heavy atom. The Balaban J connectivity index is 1.84. The molecular weight excluding hydrogens is 268 g/mol. The van der Waals surface area contributed by atoms with Crippen molar-refractivity contribution in [2.75, 3.05) is 27.2 Å². The van der Waals surface area contributed by atoms with E-state index in [-0.39, 0.29) is 18.1 Å². The predicted octanol–water partition coefficient (Wildman–Crippen LogP) is 0.828. The molecule has 0 radical (unpaired) electrons. The molecule has 2 atom stereocenters. The number of ether oxygens (including phenoxy) is 1. The smallest absolute Gasteiger partial charge is 0.274 e. The number of hydrogen-bond acceptors (Lipinski definition) is 4. The van der Waals surface area contributed by atoms with Gasteiger partial charge in [-0.3, -0.25) is 9.48 Å². The fourth-order valence-corrected chi connectivity index (χ4v) is 3.31. The molecule has 2 aliphatic heterocycles. The fraction of sp³-hybridized carbons (Fsp3) is 0.733. The fourth-order valence-electron chi connectivity index (χ4n) is 3.31. The summed E-state index contributed by atoms with van der Waals surface area (Å²) in [7, 11) is 6.00. The van der Waals surface area contributed by atoms with Gasteiger partial charge in [0.1, 0.15) is 0 Å². The molecule has 6 nitrogen and oxygen atoms in total. The van der Waals surface area contributed by atoms with Gasteiger partial charge in [-0.2, -0.15) is 5.10 Å². The maximum atomic E-state index is 12.7. The van der Waals surface area contributed by atoms with E-state index in [0.717, 1.165) is 30.8 Å². The molecule has 116 valence electrons. The highest BCUT2D eigenvalue weighted by molar-refractivity contribution is 5.94.